The molecule has 2 aromatic carbocycles. The first kappa shape index (κ1) is 18.9. The van der Waals surface area contributed by atoms with Gasteiger partial charge in [0.15, 0.2) is 0 Å². The van der Waals surface area contributed by atoms with Crippen LogP contribution >= 0.6 is 11.6 Å². The van der Waals surface area contributed by atoms with Crippen LogP contribution in [0.25, 0.3) is 0 Å². The summed E-state index contributed by atoms with van der Waals surface area (Å²) in [5.74, 6) is 0.0558. The maximum atomic E-state index is 12.3. The molecule has 0 aliphatic carbocycles. The van der Waals surface area contributed by atoms with Crippen LogP contribution in [0.4, 0.5) is 5.69 Å². The normalized spacial score (nSPS) is 15.8. The minimum atomic E-state index is 0.0558. The highest BCUT2D eigenvalue weighted by molar-refractivity contribution is 6.30. The molecule has 0 radical (unpaired) electrons. The second-order valence-corrected chi connectivity index (χ2v) is 7.49. The highest BCUT2D eigenvalue weighted by atomic mass is 35.5. The molecule has 0 saturated carbocycles. The second-order valence-electron chi connectivity index (χ2n) is 7.05. The topological polar surface area (TPSA) is 35.6 Å². The van der Waals surface area contributed by atoms with Gasteiger partial charge in [-0.05, 0) is 43.2 Å². The SMILES string of the molecule is Cc1ccc(NC(=O)CN2CCN(Cc3cccc(Cl)c3)CC2)c(C)c1. The number of carbonyl (C=O) groups excluding carboxylic acids is 1. The summed E-state index contributed by atoms with van der Waals surface area (Å²) in [6.07, 6.45) is 0. The van der Waals surface area contributed by atoms with Crippen LogP contribution in [0.5, 0.6) is 0 Å². The van der Waals surface area contributed by atoms with Crippen LogP contribution in [0.3, 0.4) is 0 Å². The predicted octanol–water partition coefficient (Wildman–Crippen LogP) is 3.71. The number of hydrogen-bond donors (Lipinski definition) is 1. The molecule has 1 aliphatic rings. The monoisotopic (exact) mass is 371 g/mol. The van der Waals surface area contributed by atoms with Gasteiger partial charge in [0.1, 0.15) is 0 Å². The number of amides is 1. The average Bonchev–Trinajstić information content (AvgIpc) is 2.59. The van der Waals surface area contributed by atoms with Crippen molar-refractivity contribution in [3.05, 3.63) is 64.2 Å². The van der Waals surface area contributed by atoms with Crippen molar-refractivity contribution < 1.29 is 4.79 Å². The van der Waals surface area contributed by atoms with Crippen molar-refractivity contribution in [1.29, 1.82) is 0 Å². The number of anilines is 1. The number of rotatable bonds is 5. The molecule has 1 aliphatic heterocycles. The number of nitrogens with zero attached hydrogens (tertiary/aromatic N) is 2. The predicted molar refractivity (Wildman–Crippen MR) is 108 cm³/mol. The van der Waals surface area contributed by atoms with Gasteiger partial charge in [0.05, 0.1) is 6.54 Å². The summed E-state index contributed by atoms with van der Waals surface area (Å²) < 4.78 is 0. The molecule has 3 rings (SSSR count). The average molecular weight is 372 g/mol. The Balaban J connectivity index is 1.45. The quantitative estimate of drug-likeness (QED) is 0.870. The lowest BCUT2D eigenvalue weighted by Crippen LogP contribution is -2.48. The van der Waals surface area contributed by atoms with E-state index in [1.807, 2.05) is 37.3 Å². The Morgan fingerprint density at radius 3 is 2.46 bits per heavy atom. The molecule has 0 atom stereocenters. The molecule has 0 spiro atoms. The fourth-order valence-electron chi connectivity index (χ4n) is 3.35. The van der Waals surface area contributed by atoms with Crippen LogP contribution in [0.15, 0.2) is 42.5 Å². The molecule has 138 valence electrons. The molecule has 26 heavy (non-hydrogen) atoms. The highest BCUT2D eigenvalue weighted by Crippen LogP contribution is 2.16. The van der Waals surface area contributed by atoms with Gasteiger partial charge in [0.2, 0.25) is 5.91 Å². The van der Waals surface area contributed by atoms with Crippen LogP contribution in [-0.4, -0.2) is 48.4 Å². The Morgan fingerprint density at radius 1 is 1.04 bits per heavy atom. The van der Waals surface area contributed by atoms with E-state index in [0.29, 0.717) is 6.54 Å². The second kappa shape index (κ2) is 8.67. The first-order valence-electron chi connectivity index (χ1n) is 9.06. The lowest BCUT2D eigenvalue weighted by atomic mass is 10.1. The number of carbonyl (C=O) groups is 1. The Bertz CT molecular complexity index is 770. The number of aryl methyl sites for hydroxylation is 2. The van der Waals surface area contributed by atoms with Gasteiger partial charge in [-0.25, -0.2) is 0 Å². The van der Waals surface area contributed by atoms with E-state index in [1.165, 1.54) is 11.1 Å². The van der Waals surface area contributed by atoms with Crippen molar-refractivity contribution in [2.24, 2.45) is 0 Å². The zero-order valence-electron chi connectivity index (χ0n) is 15.5. The standard InChI is InChI=1S/C21H26ClN3O/c1-16-6-7-20(17(2)12-16)23-21(26)15-25-10-8-24(9-11-25)14-18-4-3-5-19(22)13-18/h3-7,12-13H,8-11,14-15H2,1-2H3,(H,23,26). The van der Waals surface area contributed by atoms with E-state index >= 15 is 0 Å². The van der Waals surface area contributed by atoms with E-state index in [4.69, 9.17) is 11.6 Å². The molecule has 1 amide bonds. The van der Waals surface area contributed by atoms with Crippen molar-refractivity contribution in [3.8, 4) is 0 Å². The Kier molecular flexibility index (Phi) is 6.30. The van der Waals surface area contributed by atoms with E-state index in [0.717, 1.165) is 49.0 Å². The van der Waals surface area contributed by atoms with Crippen molar-refractivity contribution in [3.63, 3.8) is 0 Å². The van der Waals surface area contributed by atoms with Crippen molar-refractivity contribution >= 4 is 23.2 Å². The summed E-state index contributed by atoms with van der Waals surface area (Å²) in [6, 6.07) is 14.1. The molecule has 1 saturated heterocycles. The van der Waals surface area contributed by atoms with E-state index < -0.39 is 0 Å². The third-order valence-electron chi connectivity index (χ3n) is 4.78. The molecular formula is C21H26ClN3O. The number of halogens is 1. The summed E-state index contributed by atoms with van der Waals surface area (Å²) in [6.45, 7) is 9.16. The smallest absolute Gasteiger partial charge is 0.238 e. The number of piperazine rings is 1. The van der Waals surface area contributed by atoms with Crippen molar-refractivity contribution in [1.82, 2.24) is 9.80 Å². The van der Waals surface area contributed by atoms with E-state index in [-0.39, 0.29) is 5.91 Å². The molecule has 0 bridgehead atoms. The van der Waals surface area contributed by atoms with Gasteiger partial charge in [-0.1, -0.05) is 41.4 Å². The molecule has 2 aromatic rings. The fraction of sp³-hybridized carbons (Fsp3) is 0.381. The highest BCUT2D eigenvalue weighted by Gasteiger charge is 2.19. The molecule has 0 unspecified atom stereocenters. The number of hydrogen-bond acceptors (Lipinski definition) is 3. The maximum absolute atomic E-state index is 12.3. The van der Waals surface area contributed by atoms with Crippen LogP contribution in [0.1, 0.15) is 16.7 Å². The van der Waals surface area contributed by atoms with Gasteiger partial charge >= 0.3 is 0 Å². The zero-order valence-corrected chi connectivity index (χ0v) is 16.2. The molecular weight excluding hydrogens is 346 g/mol. The Labute approximate surface area is 160 Å². The third kappa shape index (κ3) is 5.31. The first-order chi connectivity index (χ1) is 12.5. The molecule has 1 heterocycles. The maximum Gasteiger partial charge on any atom is 0.238 e. The van der Waals surface area contributed by atoms with Crippen molar-refractivity contribution in [2.45, 2.75) is 20.4 Å². The summed E-state index contributed by atoms with van der Waals surface area (Å²) in [7, 11) is 0. The minimum Gasteiger partial charge on any atom is -0.325 e. The van der Waals surface area contributed by atoms with E-state index in [1.54, 1.807) is 0 Å². The fourth-order valence-corrected chi connectivity index (χ4v) is 3.56. The van der Waals surface area contributed by atoms with Crippen molar-refractivity contribution in [2.75, 3.05) is 38.0 Å². The van der Waals surface area contributed by atoms with Crippen LogP contribution in [0, 0.1) is 13.8 Å². The molecule has 1 fully saturated rings. The minimum absolute atomic E-state index is 0.0558. The Hall–Kier alpha value is -1.88. The molecule has 1 N–H and O–H groups in total. The van der Waals surface area contributed by atoms with Gasteiger partial charge < -0.3 is 5.32 Å². The van der Waals surface area contributed by atoms with Gasteiger partial charge in [-0.15, -0.1) is 0 Å². The third-order valence-corrected chi connectivity index (χ3v) is 5.02. The molecule has 5 heteroatoms. The van der Waals surface area contributed by atoms with Crippen LogP contribution in [-0.2, 0) is 11.3 Å². The number of nitrogens with one attached hydrogen (secondary N) is 1. The van der Waals surface area contributed by atoms with Gasteiger partial charge in [0, 0.05) is 43.4 Å². The molecule has 4 nitrogen and oxygen atoms in total. The summed E-state index contributed by atoms with van der Waals surface area (Å²) >= 11 is 6.06. The van der Waals surface area contributed by atoms with Crippen LogP contribution < -0.4 is 5.32 Å². The lowest BCUT2D eigenvalue weighted by Gasteiger charge is -2.34. The van der Waals surface area contributed by atoms with Gasteiger partial charge in [-0.2, -0.15) is 0 Å². The summed E-state index contributed by atoms with van der Waals surface area (Å²) in [5, 5.41) is 3.81. The largest absolute Gasteiger partial charge is 0.325 e. The van der Waals surface area contributed by atoms with Crippen LogP contribution in [0.2, 0.25) is 5.02 Å². The van der Waals surface area contributed by atoms with E-state index in [9.17, 15) is 4.79 Å². The lowest BCUT2D eigenvalue weighted by molar-refractivity contribution is -0.117. The summed E-state index contributed by atoms with van der Waals surface area (Å²) in [4.78, 5) is 17.0. The van der Waals surface area contributed by atoms with Gasteiger partial charge in [-0.3, -0.25) is 14.6 Å². The summed E-state index contributed by atoms with van der Waals surface area (Å²) in [5.41, 5.74) is 4.44. The van der Waals surface area contributed by atoms with E-state index in [2.05, 4.69) is 34.2 Å². The van der Waals surface area contributed by atoms with Gasteiger partial charge in [0.25, 0.3) is 0 Å². The molecule has 0 aromatic heterocycles. The zero-order chi connectivity index (χ0) is 18.5. The first-order valence-corrected chi connectivity index (χ1v) is 9.43. The Morgan fingerprint density at radius 2 is 1.77 bits per heavy atom. The number of benzene rings is 2.